The molecule has 0 aliphatic rings. The van der Waals surface area contributed by atoms with E-state index in [1.54, 1.807) is 12.1 Å². The van der Waals surface area contributed by atoms with Gasteiger partial charge < -0.3 is 20.5 Å². The summed E-state index contributed by atoms with van der Waals surface area (Å²) >= 11 is 6.09. The molecule has 0 unspecified atom stereocenters. The highest BCUT2D eigenvalue weighted by Gasteiger charge is 2.16. The van der Waals surface area contributed by atoms with Gasteiger partial charge in [0.2, 0.25) is 0 Å². The zero-order chi connectivity index (χ0) is 18.4. The molecule has 8 heteroatoms. The summed E-state index contributed by atoms with van der Waals surface area (Å²) in [7, 11) is 1.37. The molecule has 0 bridgehead atoms. The van der Waals surface area contributed by atoms with E-state index >= 15 is 0 Å². The summed E-state index contributed by atoms with van der Waals surface area (Å²) in [6.07, 6.45) is 0. The van der Waals surface area contributed by atoms with Crippen molar-refractivity contribution in [3.8, 4) is 11.5 Å². The van der Waals surface area contributed by atoms with Crippen molar-refractivity contribution in [1.82, 2.24) is 5.32 Å². The fourth-order valence-electron chi connectivity index (χ4n) is 2.07. The van der Waals surface area contributed by atoms with Crippen molar-refractivity contribution >= 4 is 23.4 Å². The largest absolute Gasteiger partial charge is 0.493 e. The molecule has 0 radical (unpaired) electrons. The number of hydrogen-bond donors (Lipinski definition) is 2. The molecule has 0 spiro atoms. The maximum absolute atomic E-state index is 13.1. The summed E-state index contributed by atoms with van der Waals surface area (Å²) in [6.45, 7) is -0.225. The molecule has 2 aromatic rings. The van der Waals surface area contributed by atoms with E-state index < -0.39 is 11.8 Å². The Morgan fingerprint density at radius 2 is 2.04 bits per heavy atom. The van der Waals surface area contributed by atoms with Crippen LogP contribution in [-0.4, -0.2) is 25.5 Å². The second-order valence-corrected chi connectivity index (χ2v) is 5.46. The van der Waals surface area contributed by atoms with Crippen molar-refractivity contribution in [3.05, 3.63) is 58.4 Å². The average Bonchev–Trinajstić information content (AvgIpc) is 2.57. The van der Waals surface area contributed by atoms with Gasteiger partial charge in [0.15, 0.2) is 18.1 Å². The smallest absolute Gasteiger partial charge is 0.255 e. The van der Waals surface area contributed by atoms with Crippen molar-refractivity contribution in [2.75, 3.05) is 13.7 Å². The molecule has 0 saturated carbocycles. The van der Waals surface area contributed by atoms with Crippen LogP contribution in [0, 0.1) is 5.82 Å². The molecule has 0 aliphatic carbocycles. The maximum atomic E-state index is 13.1. The second-order valence-electron chi connectivity index (χ2n) is 5.06. The van der Waals surface area contributed by atoms with Crippen LogP contribution in [0.5, 0.6) is 11.5 Å². The lowest BCUT2D eigenvalue weighted by atomic mass is 10.1. The molecule has 25 heavy (non-hydrogen) atoms. The molecule has 2 aromatic carbocycles. The van der Waals surface area contributed by atoms with Crippen LogP contribution in [0.15, 0.2) is 36.4 Å². The number of benzene rings is 2. The quantitative estimate of drug-likeness (QED) is 0.786. The Bertz CT molecular complexity index is 798. The number of carbonyl (C=O) groups is 2. The van der Waals surface area contributed by atoms with Gasteiger partial charge in [0, 0.05) is 12.1 Å². The van der Waals surface area contributed by atoms with Crippen LogP contribution in [0.2, 0.25) is 5.02 Å². The number of nitrogens with one attached hydrogen (secondary N) is 1. The third kappa shape index (κ3) is 5.09. The Balaban J connectivity index is 2.14. The zero-order valence-corrected chi connectivity index (χ0v) is 14.1. The molecule has 2 amide bonds. The van der Waals surface area contributed by atoms with Crippen LogP contribution in [0.1, 0.15) is 15.9 Å². The molecule has 0 aromatic heterocycles. The topological polar surface area (TPSA) is 90.7 Å². The Hall–Kier alpha value is -2.80. The van der Waals surface area contributed by atoms with Gasteiger partial charge in [0.05, 0.1) is 12.1 Å². The van der Waals surface area contributed by atoms with Crippen LogP contribution in [-0.2, 0) is 11.3 Å². The molecule has 132 valence electrons. The minimum absolute atomic E-state index is 0.0940. The molecule has 6 nitrogen and oxygen atoms in total. The first-order valence-electron chi connectivity index (χ1n) is 7.22. The monoisotopic (exact) mass is 366 g/mol. The Morgan fingerprint density at radius 1 is 1.28 bits per heavy atom. The fourth-order valence-corrected chi connectivity index (χ4v) is 2.33. The van der Waals surface area contributed by atoms with Crippen molar-refractivity contribution in [3.63, 3.8) is 0 Å². The summed E-state index contributed by atoms with van der Waals surface area (Å²) < 4.78 is 23.5. The highest BCUT2D eigenvalue weighted by atomic mass is 35.5. The van der Waals surface area contributed by atoms with E-state index in [0.29, 0.717) is 5.56 Å². The molecular formula is C17H16ClFN2O4. The lowest BCUT2D eigenvalue weighted by Crippen LogP contribution is -2.23. The molecular weight excluding hydrogens is 351 g/mol. The predicted molar refractivity (Wildman–Crippen MR) is 90.3 cm³/mol. The summed E-state index contributed by atoms with van der Waals surface area (Å²) in [5.74, 6) is -1.18. The molecule has 0 atom stereocenters. The highest BCUT2D eigenvalue weighted by Crippen LogP contribution is 2.36. The molecule has 3 N–H and O–H groups in total. The number of carbonyl (C=O) groups excluding carboxylic acids is 2. The van der Waals surface area contributed by atoms with Crippen molar-refractivity contribution < 1.29 is 23.5 Å². The van der Waals surface area contributed by atoms with Crippen molar-refractivity contribution in [1.29, 1.82) is 0 Å². The molecule has 0 heterocycles. The number of ether oxygens (including phenoxy) is 2. The average molecular weight is 367 g/mol. The highest BCUT2D eigenvalue weighted by molar-refractivity contribution is 6.32. The van der Waals surface area contributed by atoms with Gasteiger partial charge in [-0.3, -0.25) is 9.59 Å². The lowest BCUT2D eigenvalue weighted by Gasteiger charge is -2.13. The van der Waals surface area contributed by atoms with E-state index in [2.05, 4.69) is 5.32 Å². The first kappa shape index (κ1) is 18.5. The molecule has 0 aliphatic heterocycles. The number of amides is 2. The third-order valence-corrected chi connectivity index (χ3v) is 3.47. The van der Waals surface area contributed by atoms with Crippen LogP contribution in [0.25, 0.3) is 0 Å². The van der Waals surface area contributed by atoms with Gasteiger partial charge in [-0.05, 0) is 29.8 Å². The zero-order valence-electron chi connectivity index (χ0n) is 13.3. The predicted octanol–water partition coefficient (Wildman–Crippen LogP) is 2.28. The number of halogens is 2. The standard InChI is InChI=1S/C17H16ClFN2O4/c1-24-14-7-11(6-13(18)16(14)25-9-15(20)22)17(23)21-8-10-3-2-4-12(19)5-10/h2-7H,8-9H2,1H3,(H2,20,22)(H,21,23). The summed E-state index contributed by atoms with van der Waals surface area (Å²) in [5.41, 5.74) is 5.87. The van der Waals surface area contributed by atoms with Crippen LogP contribution >= 0.6 is 11.6 Å². The Labute approximate surface area is 148 Å². The lowest BCUT2D eigenvalue weighted by molar-refractivity contribution is -0.119. The van der Waals surface area contributed by atoms with Gasteiger partial charge in [-0.25, -0.2) is 4.39 Å². The normalized spacial score (nSPS) is 10.2. The number of hydrogen-bond acceptors (Lipinski definition) is 4. The minimum Gasteiger partial charge on any atom is -0.493 e. The second kappa shape index (κ2) is 8.34. The molecule has 0 fully saturated rings. The van der Waals surface area contributed by atoms with E-state index in [9.17, 15) is 14.0 Å². The Kier molecular flexibility index (Phi) is 6.19. The van der Waals surface area contributed by atoms with E-state index in [-0.39, 0.29) is 41.1 Å². The van der Waals surface area contributed by atoms with Gasteiger partial charge in [-0.15, -0.1) is 0 Å². The SMILES string of the molecule is COc1cc(C(=O)NCc2cccc(F)c2)cc(Cl)c1OCC(N)=O. The van der Waals surface area contributed by atoms with E-state index in [0.717, 1.165) is 0 Å². The number of methoxy groups -OCH3 is 1. The van der Waals surface area contributed by atoms with E-state index in [1.165, 1.54) is 31.4 Å². The first-order chi connectivity index (χ1) is 11.9. The molecule has 0 saturated heterocycles. The fraction of sp³-hybridized carbons (Fsp3) is 0.176. The van der Waals surface area contributed by atoms with Crippen molar-refractivity contribution in [2.45, 2.75) is 6.54 Å². The molecule has 2 rings (SSSR count). The number of rotatable bonds is 7. The first-order valence-corrected chi connectivity index (χ1v) is 7.59. The van der Waals surface area contributed by atoms with Crippen LogP contribution < -0.4 is 20.5 Å². The number of primary amides is 1. The van der Waals surface area contributed by atoms with Crippen LogP contribution in [0.3, 0.4) is 0 Å². The van der Waals surface area contributed by atoms with Gasteiger partial charge in [0.25, 0.3) is 11.8 Å². The van der Waals surface area contributed by atoms with Crippen LogP contribution in [0.4, 0.5) is 4.39 Å². The third-order valence-electron chi connectivity index (χ3n) is 3.19. The van der Waals surface area contributed by atoms with E-state index in [1.807, 2.05) is 0 Å². The van der Waals surface area contributed by atoms with Gasteiger partial charge in [-0.1, -0.05) is 23.7 Å². The van der Waals surface area contributed by atoms with Gasteiger partial charge in [-0.2, -0.15) is 0 Å². The van der Waals surface area contributed by atoms with Gasteiger partial charge >= 0.3 is 0 Å². The summed E-state index contributed by atoms with van der Waals surface area (Å²) in [6, 6.07) is 8.69. The van der Waals surface area contributed by atoms with Crippen molar-refractivity contribution in [2.24, 2.45) is 5.73 Å². The maximum Gasteiger partial charge on any atom is 0.255 e. The van der Waals surface area contributed by atoms with Gasteiger partial charge in [0.1, 0.15) is 5.82 Å². The Morgan fingerprint density at radius 3 is 2.68 bits per heavy atom. The number of nitrogens with two attached hydrogens (primary N) is 1. The summed E-state index contributed by atoms with van der Waals surface area (Å²) in [4.78, 5) is 23.1. The van der Waals surface area contributed by atoms with E-state index in [4.69, 9.17) is 26.8 Å². The minimum atomic E-state index is -0.671. The summed E-state index contributed by atoms with van der Waals surface area (Å²) in [5, 5.41) is 2.75.